The Hall–Kier alpha value is -2.05. The molecule has 0 spiro atoms. The number of benzene rings is 1. The number of aryl methyl sites for hydroxylation is 1. The Bertz CT molecular complexity index is 848. The van der Waals surface area contributed by atoms with Crippen LogP contribution in [0, 0.1) is 6.92 Å². The summed E-state index contributed by atoms with van der Waals surface area (Å²) in [4.78, 5) is 28.9. The summed E-state index contributed by atoms with van der Waals surface area (Å²) in [5.41, 5.74) is 2.03. The first-order valence-electron chi connectivity index (χ1n) is 6.32. The van der Waals surface area contributed by atoms with Gasteiger partial charge in [0.15, 0.2) is 10.9 Å². The van der Waals surface area contributed by atoms with Gasteiger partial charge in [0.2, 0.25) is 0 Å². The molecule has 0 radical (unpaired) electrons. The summed E-state index contributed by atoms with van der Waals surface area (Å²) < 4.78 is 1.04. The van der Waals surface area contributed by atoms with Gasteiger partial charge in [-0.25, -0.2) is 4.98 Å². The molecule has 0 saturated heterocycles. The Labute approximate surface area is 129 Å². The number of amides is 1. The third-order valence-corrected chi connectivity index (χ3v) is 5.06. The van der Waals surface area contributed by atoms with E-state index >= 15 is 0 Å². The molecule has 0 fully saturated rings. The number of rotatable bonds is 3. The third-order valence-electron chi connectivity index (χ3n) is 2.94. The van der Waals surface area contributed by atoms with Crippen molar-refractivity contribution in [1.29, 1.82) is 0 Å². The fraction of sp³-hybridized carbons (Fsp3) is 0.133. The number of carbonyl (C=O) groups excluding carboxylic acids is 2. The topological polar surface area (TPSA) is 59.1 Å². The molecular formula is C15H12N2O2S2. The van der Waals surface area contributed by atoms with Gasteiger partial charge >= 0.3 is 0 Å². The molecule has 0 unspecified atom stereocenters. The number of anilines is 1. The van der Waals surface area contributed by atoms with Crippen LogP contribution in [0.15, 0.2) is 30.3 Å². The Kier molecular flexibility index (Phi) is 3.57. The number of hydrogen-bond donors (Lipinski definition) is 1. The minimum Gasteiger partial charge on any atom is -0.297 e. The highest BCUT2D eigenvalue weighted by atomic mass is 32.1. The molecule has 0 bridgehead atoms. The zero-order valence-corrected chi connectivity index (χ0v) is 13.1. The van der Waals surface area contributed by atoms with E-state index < -0.39 is 0 Å². The lowest BCUT2D eigenvalue weighted by Gasteiger charge is -1.97. The molecule has 0 atom stereocenters. The number of thiazole rings is 1. The monoisotopic (exact) mass is 316 g/mol. The summed E-state index contributed by atoms with van der Waals surface area (Å²) >= 11 is 2.64. The van der Waals surface area contributed by atoms with Gasteiger partial charge in [0.25, 0.3) is 5.91 Å². The number of nitrogens with zero attached hydrogens (tertiary/aromatic N) is 1. The highest BCUT2D eigenvalue weighted by Crippen LogP contribution is 2.27. The van der Waals surface area contributed by atoms with Crippen molar-refractivity contribution in [3.05, 3.63) is 45.6 Å². The zero-order chi connectivity index (χ0) is 15.0. The largest absolute Gasteiger partial charge is 0.297 e. The molecule has 0 aliphatic heterocycles. The van der Waals surface area contributed by atoms with Gasteiger partial charge < -0.3 is 0 Å². The molecule has 1 aromatic carbocycles. The average Bonchev–Trinajstić information content (AvgIpc) is 3.03. The van der Waals surface area contributed by atoms with Gasteiger partial charge in [-0.3, -0.25) is 14.9 Å². The summed E-state index contributed by atoms with van der Waals surface area (Å²) in [5.74, 6) is -0.266. The van der Waals surface area contributed by atoms with E-state index in [-0.39, 0.29) is 11.7 Å². The second kappa shape index (κ2) is 5.38. The van der Waals surface area contributed by atoms with Crippen LogP contribution in [0.4, 0.5) is 5.13 Å². The Morgan fingerprint density at radius 1 is 1.10 bits per heavy atom. The molecule has 6 heteroatoms. The second-order valence-corrected chi connectivity index (χ2v) is 6.78. The number of aromatic nitrogens is 1. The van der Waals surface area contributed by atoms with Crippen molar-refractivity contribution in [3.63, 3.8) is 0 Å². The highest BCUT2D eigenvalue weighted by Gasteiger charge is 2.13. The van der Waals surface area contributed by atoms with E-state index in [0.717, 1.165) is 15.8 Å². The van der Waals surface area contributed by atoms with E-state index in [0.29, 0.717) is 14.9 Å². The van der Waals surface area contributed by atoms with Crippen LogP contribution < -0.4 is 5.32 Å². The predicted molar refractivity (Wildman–Crippen MR) is 86.6 cm³/mol. The molecule has 21 heavy (non-hydrogen) atoms. The van der Waals surface area contributed by atoms with Gasteiger partial charge in [0.1, 0.15) is 0 Å². The van der Waals surface area contributed by atoms with Crippen molar-refractivity contribution in [2.45, 2.75) is 13.8 Å². The maximum Gasteiger partial charge on any atom is 0.267 e. The first kappa shape index (κ1) is 13.9. The fourth-order valence-electron chi connectivity index (χ4n) is 1.89. The van der Waals surface area contributed by atoms with E-state index in [1.165, 1.54) is 29.6 Å². The molecule has 2 aromatic heterocycles. The van der Waals surface area contributed by atoms with E-state index in [9.17, 15) is 9.59 Å². The summed E-state index contributed by atoms with van der Waals surface area (Å²) in [6.07, 6.45) is 0. The molecule has 3 aromatic rings. The van der Waals surface area contributed by atoms with Crippen LogP contribution >= 0.6 is 22.7 Å². The molecule has 3 rings (SSSR count). The molecule has 1 N–H and O–H groups in total. The minimum atomic E-state index is -0.233. The Balaban J connectivity index is 1.83. The van der Waals surface area contributed by atoms with Crippen LogP contribution in [0.1, 0.15) is 31.8 Å². The lowest BCUT2D eigenvalue weighted by molar-refractivity contribution is 0.101. The van der Waals surface area contributed by atoms with Crippen LogP contribution in [0.2, 0.25) is 0 Å². The van der Waals surface area contributed by atoms with Crippen LogP contribution in [0.25, 0.3) is 10.2 Å². The van der Waals surface area contributed by atoms with Crippen molar-refractivity contribution < 1.29 is 9.59 Å². The van der Waals surface area contributed by atoms with E-state index in [1.54, 1.807) is 12.1 Å². The van der Waals surface area contributed by atoms with Crippen molar-refractivity contribution in [2.24, 2.45) is 0 Å². The van der Waals surface area contributed by atoms with Crippen molar-refractivity contribution in [2.75, 3.05) is 5.32 Å². The Morgan fingerprint density at radius 3 is 2.57 bits per heavy atom. The first-order valence-corrected chi connectivity index (χ1v) is 7.95. The quantitative estimate of drug-likeness (QED) is 0.739. The number of thiophene rings is 1. The summed E-state index contributed by atoms with van der Waals surface area (Å²) in [5, 5.41) is 3.35. The van der Waals surface area contributed by atoms with Crippen LogP contribution in [0.3, 0.4) is 0 Å². The standard InChI is InChI=1S/C15H12N2O2S2/c1-8-3-4-10-13(7-8)21-15(16-10)17-14(19)12-6-5-11(20-12)9(2)18/h3-7H,1-2H3,(H,16,17,19). The lowest BCUT2D eigenvalue weighted by atomic mass is 10.2. The smallest absolute Gasteiger partial charge is 0.267 e. The number of carbonyl (C=O) groups is 2. The molecule has 4 nitrogen and oxygen atoms in total. The third kappa shape index (κ3) is 2.86. The van der Waals surface area contributed by atoms with E-state index in [1.807, 2.05) is 25.1 Å². The number of hydrogen-bond acceptors (Lipinski definition) is 5. The Morgan fingerprint density at radius 2 is 1.86 bits per heavy atom. The van der Waals surface area contributed by atoms with Gasteiger partial charge in [0.05, 0.1) is 20.0 Å². The maximum atomic E-state index is 12.1. The summed E-state index contributed by atoms with van der Waals surface area (Å²) in [6, 6.07) is 9.31. The predicted octanol–water partition coefficient (Wildman–Crippen LogP) is 4.12. The van der Waals surface area contributed by atoms with Gasteiger partial charge in [-0.15, -0.1) is 11.3 Å². The summed E-state index contributed by atoms with van der Waals surface area (Å²) in [6.45, 7) is 3.51. The van der Waals surface area contributed by atoms with E-state index in [2.05, 4.69) is 10.3 Å². The van der Waals surface area contributed by atoms with E-state index in [4.69, 9.17) is 0 Å². The second-order valence-electron chi connectivity index (χ2n) is 4.66. The molecule has 1 amide bonds. The van der Waals surface area contributed by atoms with Gasteiger partial charge in [-0.05, 0) is 43.7 Å². The summed E-state index contributed by atoms with van der Waals surface area (Å²) in [7, 11) is 0. The number of ketones is 1. The normalized spacial score (nSPS) is 10.8. The fourth-order valence-corrected chi connectivity index (χ4v) is 3.65. The van der Waals surface area contributed by atoms with Gasteiger partial charge in [-0.2, -0.15) is 0 Å². The van der Waals surface area contributed by atoms with Crippen LogP contribution in [0.5, 0.6) is 0 Å². The molecule has 2 heterocycles. The number of Topliss-reactive ketones (excluding diaryl/α,β-unsaturated/α-hetero) is 1. The molecule has 0 saturated carbocycles. The van der Waals surface area contributed by atoms with Crippen molar-refractivity contribution in [1.82, 2.24) is 4.98 Å². The number of nitrogens with one attached hydrogen (secondary N) is 1. The average molecular weight is 316 g/mol. The van der Waals surface area contributed by atoms with Crippen LogP contribution in [-0.2, 0) is 0 Å². The zero-order valence-electron chi connectivity index (χ0n) is 11.5. The lowest BCUT2D eigenvalue weighted by Crippen LogP contribution is -2.09. The first-order chi connectivity index (χ1) is 10.0. The SMILES string of the molecule is CC(=O)c1ccc(C(=O)Nc2nc3ccc(C)cc3s2)s1. The minimum absolute atomic E-state index is 0.0329. The molecule has 106 valence electrons. The van der Waals surface area contributed by atoms with Crippen molar-refractivity contribution in [3.8, 4) is 0 Å². The molecular weight excluding hydrogens is 304 g/mol. The molecule has 0 aliphatic rings. The van der Waals surface area contributed by atoms with Gasteiger partial charge in [-0.1, -0.05) is 17.4 Å². The van der Waals surface area contributed by atoms with Crippen LogP contribution in [-0.4, -0.2) is 16.7 Å². The highest BCUT2D eigenvalue weighted by molar-refractivity contribution is 7.22. The maximum absolute atomic E-state index is 12.1. The number of fused-ring (bicyclic) bond motifs is 1. The van der Waals surface area contributed by atoms with Gasteiger partial charge in [0, 0.05) is 0 Å². The molecule has 0 aliphatic carbocycles. The van der Waals surface area contributed by atoms with Crippen molar-refractivity contribution >= 4 is 49.7 Å².